The SMILES string of the molecule is CCOC(=O)CCCNCc1ccc(C(=O)OC)cn1. The summed E-state index contributed by atoms with van der Waals surface area (Å²) in [4.78, 5) is 26.5. The van der Waals surface area contributed by atoms with Gasteiger partial charge in [-0.1, -0.05) is 0 Å². The van der Waals surface area contributed by atoms with Crippen molar-refractivity contribution in [2.75, 3.05) is 20.3 Å². The van der Waals surface area contributed by atoms with Gasteiger partial charge in [0, 0.05) is 19.2 Å². The maximum absolute atomic E-state index is 11.2. The van der Waals surface area contributed by atoms with Gasteiger partial charge in [0.25, 0.3) is 0 Å². The summed E-state index contributed by atoms with van der Waals surface area (Å²) in [6, 6.07) is 3.44. The molecule has 0 saturated heterocycles. The van der Waals surface area contributed by atoms with E-state index in [9.17, 15) is 9.59 Å². The van der Waals surface area contributed by atoms with Crippen LogP contribution in [0.25, 0.3) is 0 Å². The van der Waals surface area contributed by atoms with Gasteiger partial charge < -0.3 is 14.8 Å². The fraction of sp³-hybridized carbons (Fsp3) is 0.500. The van der Waals surface area contributed by atoms with Gasteiger partial charge in [-0.05, 0) is 32.0 Å². The summed E-state index contributed by atoms with van der Waals surface area (Å²) >= 11 is 0. The number of hydrogen-bond donors (Lipinski definition) is 1. The molecule has 110 valence electrons. The summed E-state index contributed by atoms with van der Waals surface area (Å²) < 4.78 is 9.42. The summed E-state index contributed by atoms with van der Waals surface area (Å²) in [5.41, 5.74) is 1.26. The van der Waals surface area contributed by atoms with E-state index >= 15 is 0 Å². The molecule has 1 N–H and O–H groups in total. The molecule has 0 aliphatic rings. The van der Waals surface area contributed by atoms with E-state index in [2.05, 4.69) is 15.0 Å². The first-order chi connectivity index (χ1) is 9.67. The number of esters is 2. The maximum atomic E-state index is 11.2. The quantitative estimate of drug-likeness (QED) is 0.571. The number of nitrogens with one attached hydrogen (secondary N) is 1. The lowest BCUT2D eigenvalue weighted by Crippen LogP contribution is -2.17. The van der Waals surface area contributed by atoms with Crippen LogP contribution in [0.3, 0.4) is 0 Å². The molecule has 0 aliphatic carbocycles. The summed E-state index contributed by atoms with van der Waals surface area (Å²) in [6.45, 7) is 3.51. The van der Waals surface area contributed by atoms with Crippen LogP contribution in [-0.2, 0) is 20.8 Å². The molecule has 1 aromatic heterocycles. The molecule has 0 bridgehead atoms. The van der Waals surface area contributed by atoms with E-state index in [1.54, 1.807) is 19.1 Å². The third kappa shape index (κ3) is 5.79. The van der Waals surface area contributed by atoms with Crippen molar-refractivity contribution in [3.05, 3.63) is 29.6 Å². The Kier molecular flexibility index (Phi) is 7.27. The Morgan fingerprint density at radius 2 is 2.15 bits per heavy atom. The third-order valence-corrected chi connectivity index (χ3v) is 2.59. The highest BCUT2D eigenvalue weighted by Crippen LogP contribution is 2.02. The van der Waals surface area contributed by atoms with Crippen molar-refractivity contribution in [2.24, 2.45) is 0 Å². The average Bonchev–Trinajstić information content (AvgIpc) is 2.47. The lowest BCUT2D eigenvalue weighted by Gasteiger charge is -2.05. The van der Waals surface area contributed by atoms with E-state index in [-0.39, 0.29) is 5.97 Å². The fourth-order valence-corrected chi connectivity index (χ4v) is 1.58. The van der Waals surface area contributed by atoms with Crippen LogP contribution < -0.4 is 5.32 Å². The second-order valence-corrected chi connectivity index (χ2v) is 4.12. The summed E-state index contributed by atoms with van der Waals surface area (Å²) in [6.07, 6.45) is 2.62. The van der Waals surface area contributed by atoms with Gasteiger partial charge in [-0.2, -0.15) is 0 Å². The van der Waals surface area contributed by atoms with Gasteiger partial charge in [-0.25, -0.2) is 4.79 Å². The highest BCUT2D eigenvalue weighted by molar-refractivity contribution is 5.88. The highest BCUT2D eigenvalue weighted by Gasteiger charge is 2.05. The van der Waals surface area contributed by atoms with Gasteiger partial charge in [0.05, 0.1) is 25.0 Å². The molecule has 6 nitrogen and oxygen atoms in total. The first kappa shape index (κ1) is 16.1. The van der Waals surface area contributed by atoms with Crippen LogP contribution >= 0.6 is 0 Å². The van der Waals surface area contributed by atoms with Crippen molar-refractivity contribution in [3.63, 3.8) is 0 Å². The number of methoxy groups -OCH3 is 1. The smallest absolute Gasteiger partial charge is 0.339 e. The third-order valence-electron chi connectivity index (χ3n) is 2.59. The van der Waals surface area contributed by atoms with Crippen LogP contribution in [0.2, 0.25) is 0 Å². The van der Waals surface area contributed by atoms with E-state index in [1.165, 1.54) is 13.3 Å². The molecule has 0 saturated carbocycles. The summed E-state index contributed by atoms with van der Waals surface area (Å²) in [7, 11) is 1.33. The number of aromatic nitrogens is 1. The number of pyridine rings is 1. The standard InChI is InChI=1S/C14H20N2O4/c1-3-20-13(17)5-4-8-15-10-12-7-6-11(9-16-12)14(18)19-2/h6-7,9,15H,3-5,8,10H2,1-2H3. The normalized spacial score (nSPS) is 10.1. The number of ether oxygens (including phenoxy) is 2. The van der Waals surface area contributed by atoms with Gasteiger partial charge in [-0.3, -0.25) is 9.78 Å². The van der Waals surface area contributed by atoms with Gasteiger partial charge in [0.2, 0.25) is 0 Å². The molecule has 1 rings (SSSR count). The molecule has 0 aliphatic heterocycles. The maximum Gasteiger partial charge on any atom is 0.339 e. The van der Waals surface area contributed by atoms with E-state index in [4.69, 9.17) is 4.74 Å². The van der Waals surface area contributed by atoms with Crippen LogP contribution in [-0.4, -0.2) is 37.2 Å². The van der Waals surface area contributed by atoms with Crippen molar-refractivity contribution in [1.29, 1.82) is 0 Å². The Hall–Kier alpha value is -1.95. The lowest BCUT2D eigenvalue weighted by molar-refractivity contribution is -0.143. The van der Waals surface area contributed by atoms with Gasteiger partial charge in [0.1, 0.15) is 0 Å². The van der Waals surface area contributed by atoms with Crippen molar-refractivity contribution in [1.82, 2.24) is 10.3 Å². The molecule has 0 aromatic carbocycles. The Bertz CT molecular complexity index is 431. The van der Waals surface area contributed by atoms with Gasteiger partial charge in [0.15, 0.2) is 0 Å². The van der Waals surface area contributed by atoms with E-state index in [0.717, 1.165) is 12.1 Å². The lowest BCUT2D eigenvalue weighted by atomic mass is 10.2. The average molecular weight is 280 g/mol. The highest BCUT2D eigenvalue weighted by atomic mass is 16.5. The second-order valence-electron chi connectivity index (χ2n) is 4.12. The van der Waals surface area contributed by atoms with E-state index in [0.29, 0.717) is 31.7 Å². The van der Waals surface area contributed by atoms with Crippen LogP contribution in [0, 0.1) is 0 Å². The molecule has 20 heavy (non-hydrogen) atoms. The van der Waals surface area contributed by atoms with Gasteiger partial charge in [-0.15, -0.1) is 0 Å². The van der Waals surface area contributed by atoms with Gasteiger partial charge >= 0.3 is 11.9 Å². The van der Waals surface area contributed by atoms with Crippen LogP contribution in [0.4, 0.5) is 0 Å². The number of rotatable bonds is 8. The molecule has 0 spiro atoms. The van der Waals surface area contributed by atoms with Crippen LogP contribution in [0.15, 0.2) is 18.3 Å². The zero-order chi connectivity index (χ0) is 14.8. The molecule has 1 heterocycles. The van der Waals surface area contributed by atoms with Crippen LogP contribution in [0.1, 0.15) is 35.8 Å². The monoisotopic (exact) mass is 280 g/mol. The summed E-state index contributed by atoms with van der Waals surface area (Å²) in [5, 5.41) is 3.18. The van der Waals surface area contributed by atoms with E-state index < -0.39 is 5.97 Å². The number of carbonyl (C=O) groups excluding carboxylic acids is 2. The van der Waals surface area contributed by atoms with Crippen molar-refractivity contribution in [2.45, 2.75) is 26.3 Å². The largest absolute Gasteiger partial charge is 0.466 e. The minimum absolute atomic E-state index is 0.171. The Morgan fingerprint density at radius 1 is 1.35 bits per heavy atom. The van der Waals surface area contributed by atoms with Crippen LogP contribution in [0.5, 0.6) is 0 Å². The second kappa shape index (κ2) is 9.03. The Labute approximate surface area is 118 Å². The fourth-order valence-electron chi connectivity index (χ4n) is 1.58. The molecule has 6 heteroatoms. The first-order valence-electron chi connectivity index (χ1n) is 6.57. The van der Waals surface area contributed by atoms with E-state index in [1.807, 2.05) is 0 Å². The molecule has 0 atom stereocenters. The molecule has 0 amide bonds. The zero-order valence-electron chi connectivity index (χ0n) is 11.8. The minimum atomic E-state index is -0.397. The van der Waals surface area contributed by atoms with Crippen molar-refractivity contribution < 1.29 is 19.1 Å². The molecular formula is C14H20N2O4. The number of hydrogen-bond acceptors (Lipinski definition) is 6. The topological polar surface area (TPSA) is 77.5 Å². The number of nitrogens with zero attached hydrogens (tertiary/aromatic N) is 1. The Balaban J connectivity index is 2.22. The first-order valence-corrected chi connectivity index (χ1v) is 6.57. The minimum Gasteiger partial charge on any atom is -0.466 e. The zero-order valence-corrected chi connectivity index (χ0v) is 11.8. The molecule has 0 fully saturated rings. The molecule has 0 radical (unpaired) electrons. The van der Waals surface area contributed by atoms with Crippen molar-refractivity contribution in [3.8, 4) is 0 Å². The predicted octanol–water partition coefficient (Wildman–Crippen LogP) is 1.30. The molecule has 1 aromatic rings. The predicted molar refractivity (Wildman–Crippen MR) is 73.2 cm³/mol. The number of carbonyl (C=O) groups is 2. The summed E-state index contributed by atoms with van der Waals surface area (Å²) in [5.74, 6) is -0.568. The molecular weight excluding hydrogens is 260 g/mol. The van der Waals surface area contributed by atoms with Crippen molar-refractivity contribution >= 4 is 11.9 Å². The molecule has 0 unspecified atom stereocenters. The Morgan fingerprint density at radius 3 is 2.75 bits per heavy atom.